The van der Waals surface area contributed by atoms with E-state index in [1.165, 1.54) is 0 Å². The van der Waals surface area contributed by atoms with Crippen molar-refractivity contribution in [2.75, 3.05) is 26.1 Å². The second-order valence-electron chi connectivity index (χ2n) is 2.72. The van der Waals surface area contributed by atoms with E-state index in [4.69, 9.17) is 4.74 Å². The zero-order valence-corrected chi connectivity index (χ0v) is 7.26. The Bertz CT molecular complexity index is 203. The molecule has 1 aliphatic rings. The second-order valence-corrected chi connectivity index (χ2v) is 4.36. The van der Waals surface area contributed by atoms with Gasteiger partial charge >= 0.3 is 0 Å². The van der Waals surface area contributed by atoms with Crippen LogP contribution >= 0.6 is 0 Å². The fourth-order valence-electron chi connectivity index (χ4n) is 0.935. The zero-order chi connectivity index (χ0) is 8.32. The van der Waals surface area contributed by atoms with Crippen molar-refractivity contribution in [2.24, 2.45) is 5.92 Å². The van der Waals surface area contributed by atoms with Gasteiger partial charge in [-0.15, -0.1) is 0 Å². The highest BCUT2D eigenvalue weighted by Crippen LogP contribution is 2.12. The lowest BCUT2D eigenvalue weighted by Gasteiger charge is -2.05. The maximum atomic E-state index is 10.5. The van der Waals surface area contributed by atoms with Crippen molar-refractivity contribution in [3.05, 3.63) is 0 Å². The van der Waals surface area contributed by atoms with Gasteiger partial charge in [-0.25, -0.2) is 0 Å². The molecule has 11 heavy (non-hydrogen) atoms. The second kappa shape index (κ2) is 3.51. The summed E-state index contributed by atoms with van der Waals surface area (Å²) in [5, 5.41) is 0. The third-order valence-corrected chi connectivity index (χ3v) is 2.11. The Labute approximate surface area is 66.6 Å². The van der Waals surface area contributed by atoms with Gasteiger partial charge in [-0.2, -0.15) is 8.42 Å². The van der Waals surface area contributed by atoms with Gasteiger partial charge in [-0.05, 0) is 6.42 Å². The van der Waals surface area contributed by atoms with Gasteiger partial charge in [0, 0.05) is 12.5 Å². The highest BCUT2D eigenvalue weighted by atomic mass is 32.2. The van der Waals surface area contributed by atoms with E-state index in [0.29, 0.717) is 6.61 Å². The molecule has 0 spiro atoms. The van der Waals surface area contributed by atoms with Crippen LogP contribution in [0, 0.1) is 5.92 Å². The predicted molar refractivity (Wildman–Crippen MR) is 39.7 cm³/mol. The minimum atomic E-state index is -3.27. The number of rotatable bonds is 3. The van der Waals surface area contributed by atoms with Gasteiger partial charge in [0.2, 0.25) is 0 Å². The van der Waals surface area contributed by atoms with Gasteiger partial charge in [0.15, 0.2) is 0 Å². The third kappa shape index (κ3) is 3.69. The van der Waals surface area contributed by atoms with E-state index in [2.05, 4.69) is 4.18 Å². The fourth-order valence-corrected chi connectivity index (χ4v) is 1.37. The molecule has 4 nitrogen and oxygen atoms in total. The van der Waals surface area contributed by atoms with E-state index in [-0.39, 0.29) is 12.5 Å². The Balaban J connectivity index is 2.22. The van der Waals surface area contributed by atoms with Crippen LogP contribution in [0.25, 0.3) is 0 Å². The van der Waals surface area contributed by atoms with E-state index in [9.17, 15) is 8.42 Å². The van der Waals surface area contributed by atoms with E-state index in [1.807, 2.05) is 0 Å². The topological polar surface area (TPSA) is 52.6 Å². The van der Waals surface area contributed by atoms with Crippen molar-refractivity contribution in [2.45, 2.75) is 6.42 Å². The monoisotopic (exact) mass is 180 g/mol. The van der Waals surface area contributed by atoms with E-state index in [1.54, 1.807) is 0 Å². The Kier molecular flexibility index (Phi) is 2.86. The summed E-state index contributed by atoms with van der Waals surface area (Å²) in [6, 6.07) is 0. The first kappa shape index (κ1) is 8.96. The Hall–Kier alpha value is -0.130. The number of hydrogen-bond acceptors (Lipinski definition) is 4. The van der Waals surface area contributed by atoms with Crippen molar-refractivity contribution in [3.8, 4) is 0 Å². The molecule has 0 N–H and O–H groups in total. The first-order chi connectivity index (χ1) is 5.08. The molecule has 0 aliphatic carbocycles. The molecule has 0 saturated carbocycles. The molecule has 1 atom stereocenters. The quantitative estimate of drug-likeness (QED) is 0.574. The molecule has 1 fully saturated rings. The average molecular weight is 180 g/mol. The van der Waals surface area contributed by atoms with Gasteiger partial charge < -0.3 is 4.74 Å². The van der Waals surface area contributed by atoms with Crippen LogP contribution in [0.1, 0.15) is 6.42 Å². The van der Waals surface area contributed by atoms with Crippen molar-refractivity contribution in [1.29, 1.82) is 0 Å². The van der Waals surface area contributed by atoms with Crippen LogP contribution in [0.3, 0.4) is 0 Å². The molecule has 1 aliphatic heterocycles. The molecule has 1 heterocycles. The first-order valence-electron chi connectivity index (χ1n) is 3.50. The maximum Gasteiger partial charge on any atom is 0.264 e. The molecular weight excluding hydrogens is 168 g/mol. The van der Waals surface area contributed by atoms with Gasteiger partial charge in [0.05, 0.1) is 19.5 Å². The number of ether oxygens (including phenoxy) is 1. The minimum Gasteiger partial charge on any atom is -0.381 e. The van der Waals surface area contributed by atoms with Crippen LogP contribution in [0.5, 0.6) is 0 Å². The fraction of sp³-hybridized carbons (Fsp3) is 1.00. The third-order valence-electron chi connectivity index (χ3n) is 1.54. The molecule has 0 bridgehead atoms. The standard InChI is InChI=1S/C6H12O4S/c1-11(7,8)10-5-6-2-3-9-4-6/h6H,2-5H2,1H3/t6-/m1/s1. The molecule has 0 unspecified atom stereocenters. The zero-order valence-electron chi connectivity index (χ0n) is 6.45. The molecule has 5 heteroatoms. The smallest absolute Gasteiger partial charge is 0.264 e. The summed E-state index contributed by atoms with van der Waals surface area (Å²) in [6.45, 7) is 1.60. The SMILES string of the molecule is CS(=O)(=O)OC[C@@H]1CCOC1. The average Bonchev–Trinajstić information content (AvgIpc) is 2.32. The van der Waals surface area contributed by atoms with Crippen LogP contribution in [0.2, 0.25) is 0 Å². The summed E-state index contributed by atoms with van der Waals surface area (Å²) in [5.41, 5.74) is 0. The largest absolute Gasteiger partial charge is 0.381 e. The molecule has 0 amide bonds. The molecule has 1 saturated heterocycles. The normalized spacial score (nSPS) is 25.7. The van der Waals surface area contributed by atoms with Gasteiger partial charge in [0.1, 0.15) is 0 Å². The van der Waals surface area contributed by atoms with Crippen LogP contribution in [0.4, 0.5) is 0 Å². The minimum absolute atomic E-state index is 0.254. The van der Waals surface area contributed by atoms with Crippen LogP contribution in [-0.2, 0) is 19.0 Å². The van der Waals surface area contributed by atoms with Crippen molar-refractivity contribution in [1.82, 2.24) is 0 Å². The van der Waals surface area contributed by atoms with E-state index in [0.717, 1.165) is 19.3 Å². The Morgan fingerprint density at radius 2 is 2.36 bits per heavy atom. The molecule has 1 rings (SSSR count). The molecule has 0 aromatic heterocycles. The van der Waals surface area contributed by atoms with Crippen LogP contribution in [-0.4, -0.2) is 34.5 Å². The summed E-state index contributed by atoms with van der Waals surface area (Å²) in [7, 11) is -3.27. The van der Waals surface area contributed by atoms with Crippen molar-refractivity contribution in [3.63, 3.8) is 0 Å². The summed E-state index contributed by atoms with van der Waals surface area (Å²) >= 11 is 0. The highest BCUT2D eigenvalue weighted by molar-refractivity contribution is 7.85. The lowest BCUT2D eigenvalue weighted by atomic mass is 10.1. The molecular formula is C6H12O4S. The van der Waals surface area contributed by atoms with Crippen LogP contribution < -0.4 is 0 Å². The van der Waals surface area contributed by atoms with Crippen molar-refractivity contribution < 1.29 is 17.3 Å². The van der Waals surface area contributed by atoms with Gasteiger partial charge in [-0.1, -0.05) is 0 Å². The highest BCUT2D eigenvalue weighted by Gasteiger charge is 2.17. The Morgan fingerprint density at radius 1 is 1.64 bits per heavy atom. The molecule has 66 valence electrons. The van der Waals surface area contributed by atoms with Gasteiger partial charge in [-0.3, -0.25) is 4.18 Å². The van der Waals surface area contributed by atoms with E-state index >= 15 is 0 Å². The summed E-state index contributed by atoms with van der Waals surface area (Å²) < 4.78 is 30.7. The van der Waals surface area contributed by atoms with Crippen LogP contribution in [0.15, 0.2) is 0 Å². The van der Waals surface area contributed by atoms with E-state index < -0.39 is 10.1 Å². The predicted octanol–water partition coefficient (Wildman–Crippen LogP) is -0.000900. The molecule has 0 aromatic rings. The summed E-state index contributed by atoms with van der Waals surface area (Å²) in [4.78, 5) is 0. The van der Waals surface area contributed by atoms with Crippen molar-refractivity contribution >= 4 is 10.1 Å². The molecule has 0 aromatic carbocycles. The summed E-state index contributed by atoms with van der Waals surface area (Å²) in [5.74, 6) is 0.254. The maximum absolute atomic E-state index is 10.5. The Morgan fingerprint density at radius 3 is 2.82 bits per heavy atom. The molecule has 0 radical (unpaired) electrons. The number of hydrogen-bond donors (Lipinski definition) is 0. The lowest BCUT2D eigenvalue weighted by molar-refractivity contribution is 0.169. The lowest BCUT2D eigenvalue weighted by Crippen LogP contribution is -2.13. The van der Waals surface area contributed by atoms with Gasteiger partial charge in [0.25, 0.3) is 10.1 Å². The first-order valence-corrected chi connectivity index (χ1v) is 5.32. The summed E-state index contributed by atoms with van der Waals surface area (Å²) in [6.07, 6.45) is 1.96.